The van der Waals surface area contributed by atoms with Crippen molar-refractivity contribution in [1.29, 1.82) is 0 Å². The Morgan fingerprint density at radius 2 is 1.10 bits per heavy atom. The zero-order valence-corrected chi connectivity index (χ0v) is 40.4. The first-order valence-electron chi connectivity index (χ1n) is 22.3. The number of fused-ring (bicyclic) bond motifs is 3. The van der Waals surface area contributed by atoms with E-state index in [1.165, 1.54) is 5.56 Å². The number of ketones is 1. The lowest BCUT2D eigenvalue weighted by Crippen LogP contribution is -2.36. The number of aromatic hydroxyl groups is 2. The Morgan fingerprint density at radius 1 is 0.652 bits per heavy atom. The van der Waals surface area contributed by atoms with Gasteiger partial charge in [0.15, 0.2) is 11.5 Å². The molecule has 0 saturated heterocycles. The highest BCUT2D eigenvalue weighted by Crippen LogP contribution is 2.49. The summed E-state index contributed by atoms with van der Waals surface area (Å²) in [4.78, 5) is 74.0. The van der Waals surface area contributed by atoms with Crippen LogP contribution in [0.4, 0.5) is 17.1 Å². The monoisotopic (exact) mass is 945 g/mol. The molecule has 0 radical (unpaired) electrons. The van der Waals surface area contributed by atoms with E-state index >= 15 is 0 Å². The summed E-state index contributed by atoms with van der Waals surface area (Å²) < 4.78 is 17.3. The number of hydrogen-bond donors (Lipinski definition) is 2. The molecule has 0 aromatic heterocycles. The van der Waals surface area contributed by atoms with Gasteiger partial charge in [0.1, 0.15) is 13.1 Å². The van der Waals surface area contributed by atoms with Gasteiger partial charge in [-0.1, -0.05) is 94.6 Å². The van der Waals surface area contributed by atoms with Crippen molar-refractivity contribution in [2.24, 2.45) is 0 Å². The van der Waals surface area contributed by atoms with E-state index in [9.17, 15) is 33.9 Å². The van der Waals surface area contributed by atoms with Crippen molar-refractivity contribution in [2.45, 2.75) is 78.6 Å². The first-order chi connectivity index (χ1) is 32.1. The van der Waals surface area contributed by atoms with Crippen LogP contribution in [0.3, 0.4) is 0 Å². The quantitative estimate of drug-likeness (QED) is 0.0681. The van der Waals surface area contributed by atoms with E-state index in [0.29, 0.717) is 18.0 Å². The molecule has 16 nitrogen and oxygen atoms in total. The first kappa shape index (κ1) is 52.4. The number of benzene rings is 3. The number of rotatable bonds is 11. The molecule has 16 heteroatoms. The largest absolute Gasteiger partial charge is 0.871 e. The molecule has 0 spiro atoms. The van der Waals surface area contributed by atoms with Crippen molar-refractivity contribution < 1.29 is 58.8 Å². The van der Waals surface area contributed by atoms with Crippen LogP contribution >= 0.6 is 0 Å². The highest BCUT2D eigenvalue weighted by molar-refractivity contribution is 6.24. The standard InChI is InChI=1S/C34H36N2O6.C15H19NO2.C4H2O4.H2O/c1-7-41-29(37)19-35-25-15-11-9-13-23(25)33(3,4)27(35)17-21-31(39)22(32(21)40)18-28-34(5,6)24-14-10-12-16-26(24)36(28)20-30(38)42-8-2;1-5-18-14(17)10-16-11(2)15(3,4)12-8-6-7-9-13(12)16;5-1-2(6)4(8)3(1)7;/h9-18H,7-8,19-20H2,1-6H3;6-9H,2,5,10H2,1,3-4H3;5-6H;1H2. The zero-order chi connectivity index (χ0) is 50.0. The van der Waals surface area contributed by atoms with Gasteiger partial charge in [-0.2, -0.15) is 4.58 Å². The Hall–Kier alpha value is -7.59. The van der Waals surface area contributed by atoms with Crippen molar-refractivity contribution in [1.82, 2.24) is 0 Å². The van der Waals surface area contributed by atoms with E-state index in [1.54, 1.807) is 26.0 Å². The normalized spacial score (nSPS) is 17.8. The van der Waals surface area contributed by atoms with E-state index in [-0.39, 0.29) is 72.4 Å². The molecule has 0 bridgehead atoms. The molecule has 0 saturated carbocycles. The van der Waals surface area contributed by atoms with Crippen molar-refractivity contribution >= 4 is 46.5 Å². The zero-order valence-electron chi connectivity index (χ0n) is 40.4. The van der Waals surface area contributed by atoms with Crippen molar-refractivity contribution in [2.75, 3.05) is 49.3 Å². The molecule has 4 aromatic rings. The Balaban J connectivity index is 0.000000269. The second-order valence-electron chi connectivity index (χ2n) is 17.9. The van der Waals surface area contributed by atoms with Crippen LogP contribution in [-0.4, -0.2) is 89.1 Å². The fourth-order valence-corrected chi connectivity index (χ4v) is 8.94. The number of para-hydroxylation sites is 3. The number of carbonyl (C=O) groups is 4. The van der Waals surface area contributed by atoms with Crippen LogP contribution in [0.2, 0.25) is 0 Å². The SMILES string of the molecule is C=C1N(CC(=O)OCC)c2ccccc2C1(C)C.CCOC(=O)CN1C(=CC2=C([O-])C(=CC3=[N+](CC(=O)OCC)c4ccccc4C3(C)C)C2=O)C(C)(C)c2ccccc21.O.O=c1c(O)c(O)c1=O. The van der Waals surface area contributed by atoms with Crippen molar-refractivity contribution in [3.05, 3.63) is 157 Å². The average molecular weight is 946 g/mol. The van der Waals surface area contributed by atoms with Gasteiger partial charge in [-0.25, -0.2) is 4.79 Å². The molecule has 0 atom stereocenters. The fraction of sp³-hybridized carbons (Fsp3) is 0.340. The van der Waals surface area contributed by atoms with Gasteiger partial charge in [-0.05, 0) is 64.0 Å². The summed E-state index contributed by atoms with van der Waals surface area (Å²) in [5.74, 6) is -3.39. The van der Waals surface area contributed by atoms with Gasteiger partial charge in [-0.3, -0.25) is 24.0 Å². The Bertz CT molecular complexity index is 2890. The molecule has 0 unspecified atom stereocenters. The number of allylic oxidation sites excluding steroid dienone is 6. The molecule has 1 aliphatic carbocycles. The van der Waals surface area contributed by atoms with Gasteiger partial charge in [0, 0.05) is 62.5 Å². The fourth-order valence-electron chi connectivity index (χ4n) is 8.94. The number of Topliss-reactive ketones (excluding diaryl/α,β-unsaturated/α-hetero) is 1. The maximum atomic E-state index is 13.6. The Labute approximate surface area is 400 Å². The predicted octanol–water partition coefficient (Wildman–Crippen LogP) is 4.72. The minimum atomic E-state index is -1.01. The predicted molar refractivity (Wildman–Crippen MR) is 258 cm³/mol. The number of anilines is 2. The second-order valence-corrected chi connectivity index (χ2v) is 17.9. The average Bonchev–Trinajstić information content (AvgIpc) is 3.74. The van der Waals surface area contributed by atoms with Crippen molar-refractivity contribution in [3.63, 3.8) is 0 Å². The van der Waals surface area contributed by atoms with Gasteiger partial charge in [0.2, 0.25) is 23.7 Å². The summed E-state index contributed by atoms with van der Waals surface area (Å²) in [6, 6.07) is 23.6. The molecule has 4 N–H and O–H groups in total. The maximum absolute atomic E-state index is 13.6. The molecule has 3 heterocycles. The Kier molecular flexibility index (Phi) is 15.4. The second kappa shape index (κ2) is 20.3. The summed E-state index contributed by atoms with van der Waals surface area (Å²) in [5, 5.41) is 30.0. The van der Waals surface area contributed by atoms with Gasteiger partial charge < -0.3 is 44.8 Å². The highest BCUT2D eigenvalue weighted by atomic mass is 16.5. The van der Waals surface area contributed by atoms with Crippen LogP contribution in [0, 0.1) is 0 Å². The molecule has 69 heavy (non-hydrogen) atoms. The molecule has 364 valence electrons. The Morgan fingerprint density at radius 3 is 1.61 bits per heavy atom. The minimum absolute atomic E-state index is 0. The van der Waals surface area contributed by atoms with Crippen LogP contribution in [-0.2, 0) is 49.6 Å². The summed E-state index contributed by atoms with van der Waals surface area (Å²) in [7, 11) is 0. The molecule has 8 rings (SSSR count). The highest BCUT2D eigenvalue weighted by Gasteiger charge is 2.47. The van der Waals surface area contributed by atoms with Crippen LogP contribution in [0.15, 0.2) is 129 Å². The third-order valence-electron chi connectivity index (χ3n) is 12.7. The summed E-state index contributed by atoms with van der Waals surface area (Å²) >= 11 is 0. The van der Waals surface area contributed by atoms with E-state index < -0.39 is 45.1 Å². The number of carbonyl (C=O) groups excluding carboxylic acids is 4. The topological polar surface area (TPSA) is 235 Å². The number of hydrogen-bond acceptors (Lipinski definition) is 14. The van der Waals surface area contributed by atoms with Gasteiger partial charge in [-0.15, -0.1) is 0 Å². The van der Waals surface area contributed by atoms with Crippen LogP contribution in [0.25, 0.3) is 0 Å². The maximum Gasteiger partial charge on any atom is 0.372 e. The number of ether oxygens (including phenoxy) is 3. The molecular weight excluding hydrogens is 887 g/mol. The number of esters is 3. The van der Waals surface area contributed by atoms with E-state index in [0.717, 1.165) is 33.9 Å². The smallest absolute Gasteiger partial charge is 0.372 e. The summed E-state index contributed by atoms with van der Waals surface area (Å²) in [6.07, 6.45) is 3.24. The number of nitrogens with zero attached hydrogens (tertiary/aromatic N) is 3. The van der Waals surface area contributed by atoms with Crippen LogP contribution in [0.1, 0.15) is 79.0 Å². The minimum Gasteiger partial charge on any atom is -0.871 e. The summed E-state index contributed by atoms with van der Waals surface area (Å²) in [6.45, 7) is 22.8. The van der Waals surface area contributed by atoms with Gasteiger partial charge in [0.25, 0.3) is 10.9 Å². The lowest BCUT2D eigenvalue weighted by molar-refractivity contribution is -0.428. The molecular formula is C53H59N3O13. The molecule has 4 aliphatic rings. The van der Waals surface area contributed by atoms with Gasteiger partial charge >= 0.3 is 17.9 Å². The lowest BCUT2D eigenvalue weighted by Gasteiger charge is -2.32. The van der Waals surface area contributed by atoms with E-state index in [1.807, 2.05) is 116 Å². The van der Waals surface area contributed by atoms with Gasteiger partial charge in [0.05, 0.1) is 25.2 Å². The van der Waals surface area contributed by atoms with Crippen LogP contribution < -0.4 is 25.8 Å². The molecule has 3 aliphatic heterocycles. The molecule has 0 amide bonds. The molecule has 0 fully saturated rings. The van der Waals surface area contributed by atoms with Crippen LogP contribution in [0.5, 0.6) is 11.5 Å². The lowest BCUT2D eigenvalue weighted by atomic mass is 9.77. The third kappa shape index (κ3) is 9.61. The molecule has 4 aromatic carbocycles. The van der Waals surface area contributed by atoms with E-state index in [4.69, 9.17) is 24.4 Å². The first-order valence-corrected chi connectivity index (χ1v) is 22.3. The third-order valence-corrected chi connectivity index (χ3v) is 12.7. The summed E-state index contributed by atoms with van der Waals surface area (Å²) in [5.41, 5.74) is 5.08. The van der Waals surface area contributed by atoms with Crippen molar-refractivity contribution in [3.8, 4) is 11.5 Å². The van der Waals surface area contributed by atoms with E-state index in [2.05, 4.69) is 26.5 Å².